The molecule has 6 heteroatoms. The fraction of sp³-hybridized carbons (Fsp3) is 0.368. The van der Waals surface area contributed by atoms with E-state index < -0.39 is 0 Å². The monoisotopic (exact) mass is 342 g/mol. The second-order valence-corrected chi connectivity index (χ2v) is 5.87. The largest absolute Gasteiger partial charge is 0.467 e. The molecule has 1 heterocycles. The number of rotatable bonds is 7. The van der Waals surface area contributed by atoms with E-state index in [0.29, 0.717) is 12.5 Å². The lowest BCUT2D eigenvalue weighted by Gasteiger charge is -2.22. The molecule has 1 aromatic heterocycles. The SMILES string of the molecule is CCNC(=NCC(=O)NCc1ccco1)N(C)Cc1ccc(C)cc1. The minimum Gasteiger partial charge on any atom is -0.467 e. The molecule has 2 aromatic rings. The number of carbonyl (C=O) groups excluding carboxylic acids is 1. The van der Waals surface area contributed by atoms with Crippen LogP contribution in [0.4, 0.5) is 0 Å². The molecule has 0 saturated carbocycles. The Labute approximate surface area is 148 Å². The molecular weight excluding hydrogens is 316 g/mol. The first-order valence-electron chi connectivity index (χ1n) is 8.42. The molecule has 2 N–H and O–H groups in total. The van der Waals surface area contributed by atoms with Crippen LogP contribution in [0.3, 0.4) is 0 Å². The number of hydrogen-bond acceptors (Lipinski definition) is 3. The minimum atomic E-state index is -0.143. The van der Waals surface area contributed by atoms with Crippen molar-refractivity contribution in [3.05, 3.63) is 59.5 Å². The summed E-state index contributed by atoms with van der Waals surface area (Å²) in [4.78, 5) is 18.4. The third-order valence-corrected chi connectivity index (χ3v) is 3.65. The van der Waals surface area contributed by atoms with Crippen molar-refractivity contribution in [1.82, 2.24) is 15.5 Å². The Kier molecular flexibility index (Phi) is 7.07. The van der Waals surface area contributed by atoms with Crippen molar-refractivity contribution in [1.29, 1.82) is 0 Å². The molecule has 0 atom stereocenters. The number of benzene rings is 1. The Balaban J connectivity index is 1.89. The van der Waals surface area contributed by atoms with Crippen molar-refractivity contribution in [3.63, 3.8) is 0 Å². The van der Waals surface area contributed by atoms with Crippen LogP contribution in [0.2, 0.25) is 0 Å². The van der Waals surface area contributed by atoms with Gasteiger partial charge in [0.25, 0.3) is 0 Å². The lowest BCUT2D eigenvalue weighted by molar-refractivity contribution is -0.119. The van der Waals surface area contributed by atoms with Crippen LogP contribution >= 0.6 is 0 Å². The summed E-state index contributed by atoms with van der Waals surface area (Å²) in [5.41, 5.74) is 2.43. The van der Waals surface area contributed by atoms with Gasteiger partial charge in [0.1, 0.15) is 12.3 Å². The number of nitrogens with one attached hydrogen (secondary N) is 2. The molecule has 0 bridgehead atoms. The highest BCUT2D eigenvalue weighted by atomic mass is 16.3. The van der Waals surface area contributed by atoms with Crippen LogP contribution in [-0.2, 0) is 17.9 Å². The molecule has 6 nitrogen and oxygen atoms in total. The Hall–Kier alpha value is -2.76. The summed E-state index contributed by atoms with van der Waals surface area (Å²) in [6.45, 7) is 5.98. The molecule has 0 fully saturated rings. The average Bonchev–Trinajstić information content (AvgIpc) is 3.12. The maximum Gasteiger partial charge on any atom is 0.242 e. The quantitative estimate of drug-likeness (QED) is 0.598. The summed E-state index contributed by atoms with van der Waals surface area (Å²) >= 11 is 0. The first-order chi connectivity index (χ1) is 12.1. The topological polar surface area (TPSA) is 69.9 Å². The Morgan fingerprint density at radius 2 is 1.96 bits per heavy atom. The van der Waals surface area contributed by atoms with Gasteiger partial charge in [-0.2, -0.15) is 0 Å². The fourth-order valence-corrected chi connectivity index (χ4v) is 2.31. The third-order valence-electron chi connectivity index (χ3n) is 3.65. The van der Waals surface area contributed by atoms with Gasteiger partial charge in [-0.15, -0.1) is 0 Å². The van der Waals surface area contributed by atoms with E-state index >= 15 is 0 Å². The van der Waals surface area contributed by atoms with E-state index in [2.05, 4.69) is 46.8 Å². The summed E-state index contributed by atoms with van der Waals surface area (Å²) in [7, 11) is 1.96. The number of carbonyl (C=O) groups is 1. The third kappa shape index (κ3) is 6.33. The Bertz CT molecular complexity index is 678. The zero-order valence-corrected chi connectivity index (χ0v) is 15.1. The highest BCUT2D eigenvalue weighted by Gasteiger charge is 2.08. The van der Waals surface area contributed by atoms with Crippen molar-refractivity contribution >= 4 is 11.9 Å². The number of hydrogen-bond donors (Lipinski definition) is 2. The maximum atomic E-state index is 12.0. The van der Waals surface area contributed by atoms with Crippen LogP contribution in [0.5, 0.6) is 0 Å². The van der Waals surface area contributed by atoms with Crippen molar-refractivity contribution in [2.75, 3.05) is 20.1 Å². The van der Waals surface area contributed by atoms with E-state index in [1.165, 1.54) is 11.1 Å². The lowest BCUT2D eigenvalue weighted by atomic mass is 10.1. The van der Waals surface area contributed by atoms with Crippen LogP contribution < -0.4 is 10.6 Å². The summed E-state index contributed by atoms with van der Waals surface area (Å²) in [5.74, 6) is 1.28. The fourth-order valence-electron chi connectivity index (χ4n) is 2.31. The van der Waals surface area contributed by atoms with Crippen molar-refractivity contribution in [2.45, 2.75) is 26.9 Å². The molecule has 134 valence electrons. The Morgan fingerprint density at radius 1 is 1.20 bits per heavy atom. The first-order valence-corrected chi connectivity index (χ1v) is 8.42. The predicted octanol–water partition coefficient (Wildman–Crippen LogP) is 2.30. The number of amides is 1. The van der Waals surface area contributed by atoms with Gasteiger partial charge in [0, 0.05) is 20.1 Å². The minimum absolute atomic E-state index is 0.0707. The maximum absolute atomic E-state index is 12.0. The van der Waals surface area contributed by atoms with Crippen molar-refractivity contribution in [2.24, 2.45) is 4.99 Å². The first kappa shape index (κ1) is 18.6. The highest BCUT2D eigenvalue weighted by Crippen LogP contribution is 2.06. The van der Waals surface area contributed by atoms with Gasteiger partial charge in [-0.1, -0.05) is 29.8 Å². The van der Waals surface area contributed by atoms with Crippen molar-refractivity contribution in [3.8, 4) is 0 Å². The predicted molar refractivity (Wildman–Crippen MR) is 99.2 cm³/mol. The highest BCUT2D eigenvalue weighted by molar-refractivity contribution is 5.84. The summed E-state index contributed by atoms with van der Waals surface area (Å²) < 4.78 is 5.19. The normalized spacial score (nSPS) is 11.2. The smallest absolute Gasteiger partial charge is 0.242 e. The molecule has 0 aliphatic carbocycles. The van der Waals surface area contributed by atoms with E-state index in [0.717, 1.165) is 18.8 Å². The van der Waals surface area contributed by atoms with Crippen LogP contribution in [0.1, 0.15) is 23.8 Å². The average molecular weight is 342 g/mol. The van der Waals surface area contributed by atoms with Gasteiger partial charge in [-0.05, 0) is 31.5 Å². The standard InChI is InChI=1S/C19H26N4O2/c1-4-20-19(23(3)14-16-9-7-15(2)8-10-16)22-13-18(24)21-12-17-6-5-11-25-17/h5-11H,4,12-14H2,1-3H3,(H,20,22)(H,21,24). The number of furan rings is 1. The zero-order chi connectivity index (χ0) is 18.1. The number of nitrogens with zero attached hydrogens (tertiary/aromatic N) is 2. The molecule has 0 unspecified atom stereocenters. The number of aryl methyl sites for hydroxylation is 1. The van der Waals surface area contributed by atoms with E-state index in [9.17, 15) is 4.79 Å². The second-order valence-electron chi connectivity index (χ2n) is 5.87. The van der Waals surface area contributed by atoms with Gasteiger partial charge in [-0.3, -0.25) is 4.79 Å². The molecule has 25 heavy (non-hydrogen) atoms. The van der Waals surface area contributed by atoms with E-state index in [-0.39, 0.29) is 12.5 Å². The van der Waals surface area contributed by atoms with Gasteiger partial charge in [0.05, 0.1) is 12.8 Å². The van der Waals surface area contributed by atoms with Crippen LogP contribution in [-0.4, -0.2) is 36.9 Å². The van der Waals surface area contributed by atoms with Gasteiger partial charge < -0.3 is 20.0 Å². The van der Waals surface area contributed by atoms with Gasteiger partial charge in [0.2, 0.25) is 5.91 Å². The molecule has 0 aliphatic rings. The molecule has 0 radical (unpaired) electrons. The molecule has 2 rings (SSSR count). The molecule has 0 saturated heterocycles. The van der Waals surface area contributed by atoms with Gasteiger partial charge >= 0.3 is 0 Å². The molecular formula is C19H26N4O2. The number of guanidine groups is 1. The molecule has 1 aromatic carbocycles. The van der Waals surface area contributed by atoms with Crippen LogP contribution in [0.15, 0.2) is 52.1 Å². The second kappa shape index (κ2) is 9.52. The van der Waals surface area contributed by atoms with Gasteiger partial charge in [-0.25, -0.2) is 4.99 Å². The summed E-state index contributed by atoms with van der Waals surface area (Å²) in [6.07, 6.45) is 1.59. The van der Waals surface area contributed by atoms with E-state index in [1.54, 1.807) is 12.3 Å². The van der Waals surface area contributed by atoms with E-state index in [1.807, 2.05) is 24.9 Å². The summed E-state index contributed by atoms with van der Waals surface area (Å²) in [6, 6.07) is 12.0. The van der Waals surface area contributed by atoms with Crippen molar-refractivity contribution < 1.29 is 9.21 Å². The van der Waals surface area contributed by atoms with Gasteiger partial charge in [0.15, 0.2) is 5.96 Å². The summed E-state index contributed by atoms with van der Waals surface area (Å²) in [5, 5.41) is 6.01. The zero-order valence-electron chi connectivity index (χ0n) is 15.1. The number of aliphatic imine (C=N–C) groups is 1. The molecule has 1 amide bonds. The molecule has 0 aliphatic heterocycles. The van der Waals surface area contributed by atoms with Crippen LogP contribution in [0.25, 0.3) is 0 Å². The molecule has 0 spiro atoms. The Morgan fingerprint density at radius 3 is 2.60 bits per heavy atom. The van der Waals surface area contributed by atoms with E-state index in [4.69, 9.17) is 4.42 Å². The van der Waals surface area contributed by atoms with Crippen LogP contribution in [0, 0.1) is 6.92 Å². The lowest BCUT2D eigenvalue weighted by Crippen LogP contribution is -2.39.